The van der Waals surface area contributed by atoms with E-state index in [4.69, 9.17) is 10.8 Å². The molecule has 0 saturated carbocycles. The number of rotatable bonds is 3. The van der Waals surface area contributed by atoms with Crippen LogP contribution in [0.15, 0.2) is 35.3 Å². The Labute approximate surface area is 98.7 Å². The number of aliphatic carboxylic acids is 1. The maximum Gasteiger partial charge on any atom is 0.325 e. The molecule has 88 valence electrons. The summed E-state index contributed by atoms with van der Waals surface area (Å²) in [7, 11) is 0. The lowest BCUT2D eigenvalue weighted by Gasteiger charge is -2.13. The first-order chi connectivity index (χ1) is 8.16. The van der Waals surface area contributed by atoms with Gasteiger partial charge in [-0.15, -0.1) is 0 Å². The Kier molecular flexibility index (Phi) is 3.09. The van der Waals surface area contributed by atoms with E-state index in [9.17, 15) is 4.79 Å². The number of nitrogens with one attached hydrogen (secondary N) is 1. The van der Waals surface area contributed by atoms with Gasteiger partial charge in [-0.05, 0) is 11.1 Å². The van der Waals surface area contributed by atoms with Crippen molar-refractivity contribution in [3.63, 3.8) is 0 Å². The average molecular weight is 231 g/mol. The molecule has 5 nitrogen and oxygen atoms in total. The zero-order valence-corrected chi connectivity index (χ0v) is 9.13. The van der Waals surface area contributed by atoms with Gasteiger partial charge in [0.15, 0.2) is 5.96 Å². The van der Waals surface area contributed by atoms with Crippen LogP contribution in [-0.4, -0.2) is 23.6 Å². The van der Waals surface area contributed by atoms with Crippen molar-refractivity contribution in [1.82, 2.24) is 5.32 Å². The Morgan fingerprint density at radius 1 is 1.47 bits per heavy atom. The SMILES string of the molecule is NC(=NCC(=O)O)NC1C=Cc2ccccc21. The van der Waals surface area contributed by atoms with E-state index in [1.165, 1.54) is 0 Å². The van der Waals surface area contributed by atoms with Gasteiger partial charge in [0.25, 0.3) is 0 Å². The van der Waals surface area contributed by atoms with Crippen LogP contribution in [0.3, 0.4) is 0 Å². The van der Waals surface area contributed by atoms with Crippen LogP contribution in [0.1, 0.15) is 17.2 Å². The quantitative estimate of drug-likeness (QED) is 0.529. The smallest absolute Gasteiger partial charge is 0.325 e. The van der Waals surface area contributed by atoms with E-state index >= 15 is 0 Å². The maximum atomic E-state index is 10.3. The molecule has 0 heterocycles. The first-order valence-electron chi connectivity index (χ1n) is 5.22. The number of carboxylic acid groups (broad SMARTS) is 1. The van der Waals surface area contributed by atoms with Crippen molar-refractivity contribution in [2.75, 3.05) is 6.54 Å². The second kappa shape index (κ2) is 4.69. The predicted molar refractivity (Wildman–Crippen MR) is 65.5 cm³/mol. The van der Waals surface area contributed by atoms with Crippen molar-refractivity contribution in [3.8, 4) is 0 Å². The molecule has 0 spiro atoms. The number of aliphatic imine (C=N–C) groups is 1. The predicted octanol–water partition coefficient (Wildman–Crippen LogP) is 0.743. The zero-order valence-electron chi connectivity index (χ0n) is 9.13. The van der Waals surface area contributed by atoms with Gasteiger partial charge in [-0.2, -0.15) is 0 Å². The average Bonchev–Trinajstić information content (AvgIpc) is 2.70. The molecule has 4 N–H and O–H groups in total. The number of nitrogens with zero attached hydrogens (tertiary/aromatic N) is 1. The molecule has 2 rings (SSSR count). The molecule has 1 atom stereocenters. The van der Waals surface area contributed by atoms with Crippen molar-refractivity contribution in [3.05, 3.63) is 41.5 Å². The number of benzene rings is 1. The van der Waals surface area contributed by atoms with Crippen LogP contribution in [0.5, 0.6) is 0 Å². The monoisotopic (exact) mass is 231 g/mol. The molecule has 0 saturated heterocycles. The number of carbonyl (C=O) groups is 1. The van der Waals surface area contributed by atoms with Gasteiger partial charge >= 0.3 is 5.97 Å². The molecule has 0 aromatic heterocycles. The van der Waals surface area contributed by atoms with Crippen molar-refractivity contribution >= 4 is 18.0 Å². The van der Waals surface area contributed by atoms with Gasteiger partial charge in [-0.3, -0.25) is 4.79 Å². The molecule has 1 unspecified atom stereocenters. The highest BCUT2D eigenvalue weighted by atomic mass is 16.4. The van der Waals surface area contributed by atoms with Gasteiger partial charge in [-0.1, -0.05) is 36.4 Å². The minimum atomic E-state index is -1.00. The Balaban J connectivity index is 2.05. The van der Waals surface area contributed by atoms with Crippen LogP contribution >= 0.6 is 0 Å². The van der Waals surface area contributed by atoms with Crippen molar-refractivity contribution in [2.24, 2.45) is 10.7 Å². The second-order valence-corrected chi connectivity index (χ2v) is 3.71. The highest BCUT2D eigenvalue weighted by Crippen LogP contribution is 2.27. The molecule has 1 aliphatic rings. The Morgan fingerprint density at radius 3 is 3.00 bits per heavy atom. The van der Waals surface area contributed by atoms with Crippen LogP contribution in [0, 0.1) is 0 Å². The first-order valence-corrected chi connectivity index (χ1v) is 5.22. The molecule has 0 radical (unpaired) electrons. The third kappa shape index (κ3) is 2.63. The molecule has 0 bridgehead atoms. The summed E-state index contributed by atoms with van der Waals surface area (Å²) in [5, 5.41) is 11.4. The third-order valence-electron chi connectivity index (χ3n) is 2.49. The Bertz CT molecular complexity index is 494. The number of guanidine groups is 1. The van der Waals surface area contributed by atoms with Gasteiger partial charge in [0.1, 0.15) is 6.54 Å². The number of hydrogen-bond acceptors (Lipinski definition) is 2. The highest BCUT2D eigenvalue weighted by Gasteiger charge is 2.16. The van der Waals surface area contributed by atoms with E-state index in [1.54, 1.807) is 0 Å². The fourth-order valence-corrected chi connectivity index (χ4v) is 1.73. The molecular weight excluding hydrogens is 218 g/mol. The van der Waals surface area contributed by atoms with E-state index in [0.717, 1.165) is 11.1 Å². The Morgan fingerprint density at radius 2 is 2.24 bits per heavy atom. The standard InChI is InChI=1S/C12H13N3O2/c13-12(14-7-11(16)17)15-10-6-5-8-3-1-2-4-9(8)10/h1-6,10H,7H2,(H,16,17)(H3,13,14,15). The van der Waals surface area contributed by atoms with Crippen LogP contribution in [-0.2, 0) is 4.79 Å². The summed E-state index contributed by atoms with van der Waals surface area (Å²) in [6.45, 7) is -0.323. The number of carboxylic acids is 1. The van der Waals surface area contributed by atoms with Gasteiger partial charge in [0.05, 0.1) is 6.04 Å². The van der Waals surface area contributed by atoms with Gasteiger partial charge in [-0.25, -0.2) is 4.99 Å². The fraction of sp³-hybridized carbons (Fsp3) is 0.167. The van der Waals surface area contributed by atoms with E-state index < -0.39 is 5.97 Å². The normalized spacial score (nSPS) is 17.9. The van der Waals surface area contributed by atoms with Crippen molar-refractivity contribution in [2.45, 2.75) is 6.04 Å². The lowest BCUT2D eigenvalue weighted by molar-refractivity contribution is -0.135. The summed E-state index contributed by atoms with van der Waals surface area (Å²) in [6.07, 6.45) is 3.96. The second-order valence-electron chi connectivity index (χ2n) is 3.71. The van der Waals surface area contributed by atoms with Crippen LogP contribution in [0.25, 0.3) is 6.08 Å². The lowest BCUT2D eigenvalue weighted by atomic mass is 10.1. The van der Waals surface area contributed by atoms with Gasteiger partial charge in [0.2, 0.25) is 0 Å². The van der Waals surface area contributed by atoms with E-state index in [1.807, 2.05) is 36.4 Å². The number of hydrogen-bond donors (Lipinski definition) is 3. The first kappa shape index (κ1) is 11.2. The summed E-state index contributed by atoms with van der Waals surface area (Å²) in [4.78, 5) is 14.0. The molecule has 5 heteroatoms. The molecule has 1 aliphatic carbocycles. The molecule has 0 aliphatic heterocycles. The van der Waals surface area contributed by atoms with Gasteiger partial charge < -0.3 is 16.2 Å². The highest BCUT2D eigenvalue weighted by molar-refractivity contribution is 5.82. The summed E-state index contributed by atoms with van der Waals surface area (Å²) in [5.41, 5.74) is 7.85. The molecule has 1 aromatic carbocycles. The molecule has 0 fully saturated rings. The molecule has 0 amide bonds. The molecule has 1 aromatic rings. The third-order valence-corrected chi connectivity index (χ3v) is 2.49. The van der Waals surface area contributed by atoms with Gasteiger partial charge in [0, 0.05) is 0 Å². The minimum absolute atomic E-state index is 0.0382. The fourth-order valence-electron chi connectivity index (χ4n) is 1.73. The van der Waals surface area contributed by atoms with E-state index in [2.05, 4.69) is 10.3 Å². The van der Waals surface area contributed by atoms with E-state index in [-0.39, 0.29) is 18.5 Å². The summed E-state index contributed by atoms with van der Waals surface area (Å²) in [5.74, 6) is -0.865. The number of fused-ring (bicyclic) bond motifs is 1. The van der Waals surface area contributed by atoms with Crippen LogP contribution < -0.4 is 11.1 Å². The summed E-state index contributed by atoms with van der Waals surface area (Å²) in [6, 6.07) is 7.89. The summed E-state index contributed by atoms with van der Waals surface area (Å²) < 4.78 is 0. The lowest BCUT2D eigenvalue weighted by Crippen LogP contribution is -2.34. The minimum Gasteiger partial charge on any atom is -0.480 e. The zero-order chi connectivity index (χ0) is 12.3. The van der Waals surface area contributed by atoms with Crippen molar-refractivity contribution in [1.29, 1.82) is 0 Å². The van der Waals surface area contributed by atoms with Crippen LogP contribution in [0.2, 0.25) is 0 Å². The Hall–Kier alpha value is -2.30. The topological polar surface area (TPSA) is 87.7 Å². The van der Waals surface area contributed by atoms with Crippen molar-refractivity contribution < 1.29 is 9.90 Å². The van der Waals surface area contributed by atoms with E-state index in [0.29, 0.717) is 0 Å². The molecular formula is C12H13N3O2. The maximum absolute atomic E-state index is 10.3. The largest absolute Gasteiger partial charge is 0.480 e. The van der Waals surface area contributed by atoms with Crippen LogP contribution in [0.4, 0.5) is 0 Å². The summed E-state index contributed by atoms with van der Waals surface area (Å²) >= 11 is 0. The molecule has 17 heavy (non-hydrogen) atoms. The number of nitrogens with two attached hydrogens (primary N) is 1.